The first kappa shape index (κ1) is 9.97. The summed E-state index contributed by atoms with van der Waals surface area (Å²) in [5, 5.41) is 0. The maximum absolute atomic E-state index is 5.58. The molecule has 0 amide bonds. The van der Waals surface area contributed by atoms with Crippen LogP contribution < -0.4 is 0 Å². The number of aryl methyl sites for hydroxylation is 2. The first-order valence-corrected chi connectivity index (χ1v) is 5.17. The molecule has 0 fully saturated rings. The van der Waals surface area contributed by atoms with Gasteiger partial charge < -0.3 is 4.42 Å². The van der Waals surface area contributed by atoms with Gasteiger partial charge in [0.2, 0.25) is 0 Å². The van der Waals surface area contributed by atoms with Crippen molar-refractivity contribution in [1.29, 1.82) is 0 Å². The summed E-state index contributed by atoms with van der Waals surface area (Å²) in [5.74, 6) is 0.721. The van der Waals surface area contributed by atoms with Crippen LogP contribution in [0.3, 0.4) is 0 Å². The Morgan fingerprint density at radius 1 is 1.47 bits per heavy atom. The van der Waals surface area contributed by atoms with E-state index in [1.54, 1.807) is 0 Å². The number of fused-ring (bicyclic) bond motifs is 1. The molecule has 0 N–H and O–H groups in total. The third-order valence-electron chi connectivity index (χ3n) is 2.55. The molecule has 0 radical (unpaired) electrons. The van der Waals surface area contributed by atoms with Crippen LogP contribution in [-0.4, -0.2) is 4.98 Å². The van der Waals surface area contributed by atoms with E-state index in [-0.39, 0.29) is 0 Å². The van der Waals surface area contributed by atoms with E-state index in [9.17, 15) is 0 Å². The molecule has 2 nitrogen and oxygen atoms in total. The van der Waals surface area contributed by atoms with Gasteiger partial charge in [-0.2, -0.15) is 0 Å². The molecule has 1 aromatic carbocycles. The summed E-state index contributed by atoms with van der Waals surface area (Å²) in [4.78, 5) is 4.36. The molecule has 0 aliphatic rings. The largest absolute Gasteiger partial charge is 0.441 e. The van der Waals surface area contributed by atoms with Crippen LogP contribution in [-0.2, 0) is 6.42 Å². The third kappa shape index (κ3) is 1.67. The Morgan fingerprint density at radius 2 is 2.20 bits per heavy atom. The average Bonchev–Trinajstić information content (AvgIpc) is 2.56. The Bertz CT molecular complexity index is 523. The van der Waals surface area contributed by atoms with E-state index in [0.717, 1.165) is 34.5 Å². The molecule has 2 rings (SSSR count). The van der Waals surface area contributed by atoms with Crippen molar-refractivity contribution < 1.29 is 4.42 Å². The van der Waals surface area contributed by atoms with E-state index in [1.165, 1.54) is 5.56 Å². The quantitative estimate of drug-likeness (QED) is 0.739. The van der Waals surface area contributed by atoms with E-state index in [0.29, 0.717) is 0 Å². The maximum atomic E-state index is 5.58. The van der Waals surface area contributed by atoms with Crippen LogP contribution in [0.5, 0.6) is 0 Å². The highest BCUT2D eigenvalue weighted by Gasteiger charge is 2.09. The van der Waals surface area contributed by atoms with E-state index in [2.05, 4.69) is 24.6 Å². The number of rotatable bonds is 2. The summed E-state index contributed by atoms with van der Waals surface area (Å²) in [7, 11) is 0. The lowest BCUT2D eigenvalue weighted by atomic mass is 10.0. The van der Waals surface area contributed by atoms with Gasteiger partial charge in [-0.05, 0) is 36.6 Å². The molecule has 0 aliphatic carbocycles. The Morgan fingerprint density at radius 3 is 2.80 bits per heavy atom. The fourth-order valence-electron chi connectivity index (χ4n) is 1.72. The molecule has 2 heteroatoms. The predicted molar refractivity (Wildman–Crippen MR) is 62.8 cm³/mol. The van der Waals surface area contributed by atoms with Gasteiger partial charge in [0.15, 0.2) is 11.5 Å². The van der Waals surface area contributed by atoms with Crippen LogP contribution in [0, 0.1) is 6.92 Å². The van der Waals surface area contributed by atoms with Gasteiger partial charge in [0.25, 0.3) is 0 Å². The monoisotopic (exact) mass is 201 g/mol. The SMILES string of the molecule is C=C(C)c1cc(CC)c2oc(C)nc2c1. The minimum atomic E-state index is 0.721. The summed E-state index contributed by atoms with van der Waals surface area (Å²) in [6.45, 7) is 9.96. The van der Waals surface area contributed by atoms with Crippen molar-refractivity contribution in [3.8, 4) is 0 Å². The van der Waals surface area contributed by atoms with Gasteiger partial charge in [0.05, 0.1) is 0 Å². The molecule has 0 atom stereocenters. The second-order valence-electron chi connectivity index (χ2n) is 3.85. The minimum Gasteiger partial charge on any atom is -0.441 e. The Kier molecular flexibility index (Phi) is 2.35. The maximum Gasteiger partial charge on any atom is 0.192 e. The molecule has 0 bridgehead atoms. The van der Waals surface area contributed by atoms with E-state index >= 15 is 0 Å². The van der Waals surface area contributed by atoms with Crippen molar-refractivity contribution in [3.05, 3.63) is 35.7 Å². The van der Waals surface area contributed by atoms with Crippen molar-refractivity contribution in [3.63, 3.8) is 0 Å². The molecule has 0 aliphatic heterocycles. The molecule has 0 saturated heterocycles. The summed E-state index contributed by atoms with van der Waals surface area (Å²) < 4.78 is 5.58. The van der Waals surface area contributed by atoms with Crippen molar-refractivity contribution in [1.82, 2.24) is 4.98 Å². The zero-order valence-electron chi connectivity index (χ0n) is 9.42. The van der Waals surface area contributed by atoms with E-state index in [1.807, 2.05) is 19.9 Å². The van der Waals surface area contributed by atoms with Crippen LogP contribution in [0.2, 0.25) is 0 Å². The summed E-state index contributed by atoms with van der Waals surface area (Å²) in [6, 6.07) is 4.17. The predicted octanol–water partition coefficient (Wildman–Crippen LogP) is 3.73. The molecule has 0 spiro atoms. The van der Waals surface area contributed by atoms with Crippen LogP contribution in [0.1, 0.15) is 30.9 Å². The number of hydrogen-bond acceptors (Lipinski definition) is 2. The Balaban J connectivity index is 2.76. The van der Waals surface area contributed by atoms with Crippen molar-refractivity contribution in [2.45, 2.75) is 27.2 Å². The molecule has 2 aromatic rings. The van der Waals surface area contributed by atoms with Gasteiger partial charge in [-0.15, -0.1) is 0 Å². The number of oxazole rings is 1. The first-order valence-electron chi connectivity index (χ1n) is 5.17. The summed E-state index contributed by atoms with van der Waals surface area (Å²) in [6.07, 6.45) is 0.951. The minimum absolute atomic E-state index is 0.721. The normalized spacial score (nSPS) is 10.9. The van der Waals surface area contributed by atoms with Crippen molar-refractivity contribution in [2.75, 3.05) is 0 Å². The van der Waals surface area contributed by atoms with Gasteiger partial charge in [0.1, 0.15) is 5.52 Å². The van der Waals surface area contributed by atoms with Gasteiger partial charge in [0, 0.05) is 6.92 Å². The lowest BCUT2D eigenvalue weighted by Gasteiger charge is -2.03. The average molecular weight is 201 g/mol. The molecule has 78 valence electrons. The van der Waals surface area contributed by atoms with Gasteiger partial charge in [-0.1, -0.05) is 19.1 Å². The molecule has 1 heterocycles. The third-order valence-corrected chi connectivity index (χ3v) is 2.55. The lowest BCUT2D eigenvalue weighted by Crippen LogP contribution is -1.86. The molecule has 0 saturated carbocycles. The highest BCUT2D eigenvalue weighted by molar-refractivity contribution is 5.81. The zero-order chi connectivity index (χ0) is 11.0. The number of hydrogen-bond donors (Lipinski definition) is 0. The summed E-state index contributed by atoms with van der Waals surface area (Å²) >= 11 is 0. The van der Waals surface area contributed by atoms with E-state index < -0.39 is 0 Å². The van der Waals surface area contributed by atoms with E-state index in [4.69, 9.17) is 4.42 Å². The highest BCUT2D eigenvalue weighted by Crippen LogP contribution is 2.25. The standard InChI is InChI=1S/C13H15NO/c1-5-10-6-11(8(2)3)7-12-13(10)15-9(4)14-12/h6-7H,2,5H2,1,3-4H3. The molecular formula is C13H15NO. The molecule has 15 heavy (non-hydrogen) atoms. The number of allylic oxidation sites excluding steroid dienone is 1. The van der Waals surface area contributed by atoms with Gasteiger partial charge in [-0.3, -0.25) is 0 Å². The fraction of sp³-hybridized carbons (Fsp3) is 0.308. The topological polar surface area (TPSA) is 26.0 Å². The van der Waals surface area contributed by atoms with Gasteiger partial charge >= 0.3 is 0 Å². The summed E-state index contributed by atoms with van der Waals surface area (Å²) in [5.41, 5.74) is 5.26. The van der Waals surface area contributed by atoms with Crippen molar-refractivity contribution in [2.24, 2.45) is 0 Å². The Hall–Kier alpha value is -1.57. The molecule has 0 unspecified atom stereocenters. The molecular weight excluding hydrogens is 186 g/mol. The first-order chi connectivity index (χ1) is 7.11. The second-order valence-corrected chi connectivity index (χ2v) is 3.85. The number of aromatic nitrogens is 1. The van der Waals surface area contributed by atoms with Crippen LogP contribution in [0.25, 0.3) is 16.7 Å². The highest BCUT2D eigenvalue weighted by atomic mass is 16.3. The van der Waals surface area contributed by atoms with Gasteiger partial charge in [-0.25, -0.2) is 4.98 Å². The second kappa shape index (κ2) is 3.54. The van der Waals surface area contributed by atoms with Crippen molar-refractivity contribution >= 4 is 16.7 Å². The fourth-order valence-corrected chi connectivity index (χ4v) is 1.72. The molecule has 1 aromatic heterocycles. The zero-order valence-corrected chi connectivity index (χ0v) is 9.42. The van der Waals surface area contributed by atoms with Crippen LogP contribution >= 0.6 is 0 Å². The Labute approximate surface area is 89.6 Å². The number of benzene rings is 1. The number of nitrogens with zero attached hydrogens (tertiary/aromatic N) is 1. The van der Waals surface area contributed by atoms with Crippen LogP contribution in [0.4, 0.5) is 0 Å². The van der Waals surface area contributed by atoms with Crippen LogP contribution in [0.15, 0.2) is 23.1 Å². The smallest absolute Gasteiger partial charge is 0.192 e. The lowest BCUT2D eigenvalue weighted by molar-refractivity contribution is 0.558.